The quantitative estimate of drug-likeness (QED) is 0.684. The molecule has 0 aromatic carbocycles. The molecule has 0 aromatic heterocycles. The molecule has 0 aliphatic heterocycles. The topological polar surface area (TPSA) is 75.4 Å². The van der Waals surface area contributed by atoms with Gasteiger partial charge in [0.25, 0.3) is 0 Å². The fourth-order valence-corrected chi connectivity index (χ4v) is 3.05. The zero-order valence-corrected chi connectivity index (χ0v) is 10.5. The van der Waals surface area contributed by atoms with Crippen molar-refractivity contribution in [3.05, 3.63) is 0 Å². The Bertz CT molecular complexity index is 276. The Morgan fingerprint density at radius 1 is 1.12 bits per heavy atom. The third-order valence-corrected chi connectivity index (χ3v) is 4.68. The van der Waals surface area contributed by atoms with Gasteiger partial charge in [-0.15, -0.1) is 0 Å². The summed E-state index contributed by atoms with van der Waals surface area (Å²) in [6.45, 7) is 0.486. The molecular weight excluding hydrogens is 216 g/mol. The van der Waals surface area contributed by atoms with Crippen LogP contribution in [0, 0.1) is 5.41 Å². The second-order valence-electron chi connectivity index (χ2n) is 5.79. The van der Waals surface area contributed by atoms with Crippen molar-refractivity contribution in [1.82, 2.24) is 5.32 Å². The number of nitrogens with two attached hydrogens (primary N) is 1. The number of hydrogen-bond donors (Lipinski definition) is 3. The van der Waals surface area contributed by atoms with E-state index in [1.54, 1.807) is 0 Å². The minimum Gasteiger partial charge on any atom is -0.394 e. The first kappa shape index (κ1) is 12.8. The van der Waals surface area contributed by atoms with Crippen molar-refractivity contribution < 1.29 is 9.90 Å². The van der Waals surface area contributed by atoms with E-state index in [9.17, 15) is 9.90 Å². The average molecular weight is 240 g/mol. The Hall–Kier alpha value is -0.610. The van der Waals surface area contributed by atoms with Crippen molar-refractivity contribution in [3.8, 4) is 0 Å². The van der Waals surface area contributed by atoms with Crippen molar-refractivity contribution in [2.24, 2.45) is 11.1 Å². The fourth-order valence-electron chi connectivity index (χ4n) is 3.05. The molecule has 4 heteroatoms. The number of amides is 1. The molecule has 2 saturated carbocycles. The van der Waals surface area contributed by atoms with E-state index in [-0.39, 0.29) is 23.5 Å². The maximum atomic E-state index is 12.3. The van der Waals surface area contributed by atoms with Gasteiger partial charge in [0.1, 0.15) is 0 Å². The smallest absolute Gasteiger partial charge is 0.228 e. The maximum absolute atomic E-state index is 12.3. The number of hydrogen-bond acceptors (Lipinski definition) is 3. The first-order valence-electron chi connectivity index (χ1n) is 6.80. The molecule has 2 aliphatic rings. The highest BCUT2D eigenvalue weighted by Gasteiger charge is 2.45. The summed E-state index contributed by atoms with van der Waals surface area (Å²) in [7, 11) is 0. The number of rotatable bonds is 4. The van der Waals surface area contributed by atoms with Gasteiger partial charge in [-0.3, -0.25) is 4.79 Å². The van der Waals surface area contributed by atoms with Gasteiger partial charge < -0.3 is 16.2 Å². The SMILES string of the molecule is NCC1(C(=O)NC2(CO)CCCCC2)CCC1. The molecule has 2 rings (SSSR count). The number of aliphatic hydroxyl groups is 1. The van der Waals surface area contributed by atoms with Gasteiger partial charge in [-0.1, -0.05) is 25.7 Å². The van der Waals surface area contributed by atoms with E-state index in [0.717, 1.165) is 44.9 Å². The second kappa shape index (κ2) is 4.94. The summed E-state index contributed by atoms with van der Waals surface area (Å²) >= 11 is 0. The standard InChI is InChI=1S/C13H24N2O2/c14-9-12(5-4-6-12)11(17)15-13(10-16)7-2-1-3-8-13/h16H,1-10,14H2,(H,15,17). The highest BCUT2D eigenvalue weighted by Crippen LogP contribution is 2.41. The van der Waals surface area contributed by atoms with Crippen LogP contribution < -0.4 is 11.1 Å². The lowest BCUT2D eigenvalue weighted by Crippen LogP contribution is -2.59. The molecule has 1 amide bonds. The molecule has 0 unspecified atom stereocenters. The molecule has 0 saturated heterocycles. The number of aliphatic hydroxyl groups excluding tert-OH is 1. The molecule has 2 fully saturated rings. The van der Waals surface area contributed by atoms with Gasteiger partial charge in [0.05, 0.1) is 17.6 Å². The van der Waals surface area contributed by atoms with Gasteiger partial charge >= 0.3 is 0 Å². The minimum absolute atomic E-state index is 0.0550. The first-order chi connectivity index (χ1) is 8.16. The van der Waals surface area contributed by atoms with Gasteiger partial charge in [-0.25, -0.2) is 0 Å². The summed E-state index contributed by atoms with van der Waals surface area (Å²) in [6.07, 6.45) is 8.09. The molecule has 0 aromatic rings. The summed E-state index contributed by atoms with van der Waals surface area (Å²) in [4.78, 5) is 12.3. The van der Waals surface area contributed by atoms with Crippen LogP contribution >= 0.6 is 0 Å². The molecule has 0 heterocycles. The number of carbonyl (C=O) groups is 1. The number of nitrogens with one attached hydrogen (secondary N) is 1. The predicted octanol–water partition coefficient (Wildman–Crippen LogP) is 0.927. The van der Waals surface area contributed by atoms with Crippen LogP contribution in [0.25, 0.3) is 0 Å². The molecule has 98 valence electrons. The van der Waals surface area contributed by atoms with E-state index in [1.807, 2.05) is 0 Å². The maximum Gasteiger partial charge on any atom is 0.228 e. The zero-order valence-electron chi connectivity index (χ0n) is 10.5. The van der Waals surface area contributed by atoms with Crippen LogP contribution in [0.4, 0.5) is 0 Å². The molecule has 17 heavy (non-hydrogen) atoms. The van der Waals surface area contributed by atoms with Gasteiger partial charge in [0.15, 0.2) is 0 Å². The number of carbonyl (C=O) groups excluding carboxylic acids is 1. The predicted molar refractivity (Wildman–Crippen MR) is 66.4 cm³/mol. The second-order valence-corrected chi connectivity index (χ2v) is 5.79. The van der Waals surface area contributed by atoms with Crippen LogP contribution in [0.3, 0.4) is 0 Å². The lowest BCUT2D eigenvalue weighted by molar-refractivity contribution is -0.138. The Balaban J connectivity index is 2.00. The Labute approximate surface area is 103 Å². The lowest BCUT2D eigenvalue weighted by atomic mass is 9.67. The highest BCUT2D eigenvalue weighted by molar-refractivity contribution is 5.84. The van der Waals surface area contributed by atoms with Gasteiger partial charge in [-0.05, 0) is 25.7 Å². The third kappa shape index (κ3) is 2.33. The van der Waals surface area contributed by atoms with Crippen molar-refractivity contribution in [2.45, 2.75) is 56.9 Å². The van der Waals surface area contributed by atoms with E-state index in [0.29, 0.717) is 6.54 Å². The lowest BCUT2D eigenvalue weighted by Gasteiger charge is -2.44. The Kier molecular flexibility index (Phi) is 3.73. The molecule has 4 nitrogen and oxygen atoms in total. The molecule has 2 aliphatic carbocycles. The summed E-state index contributed by atoms with van der Waals surface area (Å²) in [5.74, 6) is 0.0715. The third-order valence-electron chi connectivity index (χ3n) is 4.68. The van der Waals surface area contributed by atoms with Crippen LogP contribution in [-0.4, -0.2) is 29.7 Å². The van der Waals surface area contributed by atoms with E-state index in [4.69, 9.17) is 5.73 Å². The fraction of sp³-hybridized carbons (Fsp3) is 0.923. The Morgan fingerprint density at radius 3 is 2.18 bits per heavy atom. The first-order valence-corrected chi connectivity index (χ1v) is 6.80. The van der Waals surface area contributed by atoms with Crippen LogP contribution in [0.2, 0.25) is 0 Å². The van der Waals surface area contributed by atoms with Crippen LogP contribution in [0.5, 0.6) is 0 Å². The summed E-state index contributed by atoms with van der Waals surface area (Å²) < 4.78 is 0. The van der Waals surface area contributed by atoms with Crippen molar-refractivity contribution in [2.75, 3.05) is 13.2 Å². The average Bonchev–Trinajstić information content (AvgIpc) is 2.29. The monoisotopic (exact) mass is 240 g/mol. The highest BCUT2D eigenvalue weighted by atomic mass is 16.3. The summed E-state index contributed by atoms with van der Waals surface area (Å²) in [5.41, 5.74) is 5.03. The van der Waals surface area contributed by atoms with Gasteiger partial charge in [-0.2, -0.15) is 0 Å². The molecule has 0 atom stereocenters. The largest absolute Gasteiger partial charge is 0.394 e. The molecule has 0 radical (unpaired) electrons. The summed E-state index contributed by atoms with van der Waals surface area (Å²) in [6, 6.07) is 0. The van der Waals surface area contributed by atoms with E-state index < -0.39 is 0 Å². The van der Waals surface area contributed by atoms with E-state index >= 15 is 0 Å². The molecule has 4 N–H and O–H groups in total. The Morgan fingerprint density at radius 2 is 1.76 bits per heavy atom. The van der Waals surface area contributed by atoms with Crippen molar-refractivity contribution >= 4 is 5.91 Å². The van der Waals surface area contributed by atoms with Gasteiger partial charge in [0, 0.05) is 6.54 Å². The molecule has 0 bridgehead atoms. The summed E-state index contributed by atoms with van der Waals surface area (Å²) in [5, 5.41) is 12.7. The van der Waals surface area contributed by atoms with Crippen LogP contribution in [0.1, 0.15) is 51.4 Å². The zero-order chi connectivity index (χ0) is 12.4. The van der Waals surface area contributed by atoms with Crippen LogP contribution in [-0.2, 0) is 4.79 Å². The molecular formula is C13H24N2O2. The van der Waals surface area contributed by atoms with E-state index in [1.165, 1.54) is 6.42 Å². The van der Waals surface area contributed by atoms with Crippen LogP contribution in [0.15, 0.2) is 0 Å². The van der Waals surface area contributed by atoms with Crippen molar-refractivity contribution in [1.29, 1.82) is 0 Å². The minimum atomic E-state index is -0.368. The normalized spacial score (nSPS) is 26.0. The van der Waals surface area contributed by atoms with Crippen molar-refractivity contribution in [3.63, 3.8) is 0 Å². The van der Waals surface area contributed by atoms with E-state index in [2.05, 4.69) is 5.32 Å². The van der Waals surface area contributed by atoms with Gasteiger partial charge in [0.2, 0.25) is 5.91 Å². The molecule has 0 spiro atoms.